The molecule has 0 atom stereocenters. The Kier molecular flexibility index (Phi) is 3.18. The normalized spacial score (nSPS) is 10.1. The van der Waals surface area contributed by atoms with Crippen molar-refractivity contribution in [2.45, 2.75) is 6.92 Å². The van der Waals surface area contributed by atoms with Crippen molar-refractivity contribution in [1.82, 2.24) is 0 Å². The molecule has 0 heterocycles. The van der Waals surface area contributed by atoms with Crippen LogP contribution in [0.3, 0.4) is 0 Å². The van der Waals surface area contributed by atoms with Gasteiger partial charge in [-0.2, -0.15) is 0 Å². The van der Waals surface area contributed by atoms with Crippen molar-refractivity contribution in [2.24, 2.45) is 0 Å². The Bertz CT molecular complexity index is 404. The summed E-state index contributed by atoms with van der Waals surface area (Å²) >= 11 is 0. The molecule has 0 fully saturated rings. The minimum absolute atomic E-state index is 0.0186. The second-order valence-electron chi connectivity index (χ2n) is 2.60. The van der Waals surface area contributed by atoms with Gasteiger partial charge in [0.1, 0.15) is 11.3 Å². The van der Waals surface area contributed by atoms with Crippen LogP contribution < -0.4 is 4.74 Å². The largest absolute Gasteiger partial charge is 0.493 e. The average Bonchev–Trinajstić information content (AvgIpc) is 2.14. The number of carbonyl (C=O) groups is 1. The number of halogens is 3. The van der Waals surface area contributed by atoms with Crippen LogP contribution in [0.15, 0.2) is 6.07 Å². The van der Waals surface area contributed by atoms with Crippen LogP contribution in [0.1, 0.15) is 17.3 Å². The zero-order chi connectivity index (χ0) is 11.6. The minimum Gasteiger partial charge on any atom is -0.493 e. The number of hydrogen-bond donors (Lipinski definition) is 1. The van der Waals surface area contributed by atoms with Crippen LogP contribution in [0.25, 0.3) is 0 Å². The van der Waals surface area contributed by atoms with Crippen LogP contribution >= 0.6 is 0 Å². The summed E-state index contributed by atoms with van der Waals surface area (Å²) in [6, 6.07) is 0.505. The van der Waals surface area contributed by atoms with Gasteiger partial charge in [0, 0.05) is 6.07 Å². The van der Waals surface area contributed by atoms with E-state index in [2.05, 4.69) is 4.74 Å². The Hall–Kier alpha value is -1.72. The van der Waals surface area contributed by atoms with Gasteiger partial charge in [0.05, 0.1) is 6.61 Å². The standard InChI is InChI=1S/C9H7F3O3/c1-2-15-5-3-4(10)7(11)8(12)6(5)9(13)14/h3H,2H2,1H3,(H,13,14). The molecule has 0 amide bonds. The second kappa shape index (κ2) is 4.20. The van der Waals surface area contributed by atoms with Crippen molar-refractivity contribution >= 4 is 5.97 Å². The fraction of sp³-hybridized carbons (Fsp3) is 0.222. The molecule has 0 saturated carbocycles. The molecule has 15 heavy (non-hydrogen) atoms. The summed E-state index contributed by atoms with van der Waals surface area (Å²) in [5, 5.41) is 8.58. The molecule has 0 aromatic heterocycles. The van der Waals surface area contributed by atoms with Crippen molar-refractivity contribution in [2.75, 3.05) is 6.61 Å². The molecule has 6 heteroatoms. The van der Waals surface area contributed by atoms with Crippen LogP contribution in [0, 0.1) is 17.5 Å². The molecule has 82 valence electrons. The lowest BCUT2D eigenvalue weighted by atomic mass is 10.1. The predicted octanol–water partition coefficient (Wildman–Crippen LogP) is 2.20. The van der Waals surface area contributed by atoms with Crippen LogP contribution in [0.4, 0.5) is 13.2 Å². The van der Waals surface area contributed by atoms with Gasteiger partial charge in [-0.25, -0.2) is 18.0 Å². The van der Waals surface area contributed by atoms with Gasteiger partial charge in [-0.15, -0.1) is 0 Å². The van der Waals surface area contributed by atoms with Gasteiger partial charge in [-0.05, 0) is 6.92 Å². The molecule has 0 aliphatic carbocycles. The third-order valence-electron chi connectivity index (χ3n) is 1.64. The Morgan fingerprint density at radius 3 is 2.47 bits per heavy atom. The van der Waals surface area contributed by atoms with E-state index in [9.17, 15) is 18.0 Å². The number of carboxylic acid groups (broad SMARTS) is 1. The summed E-state index contributed by atoms with van der Waals surface area (Å²) in [7, 11) is 0. The van der Waals surface area contributed by atoms with E-state index < -0.39 is 34.7 Å². The number of carboxylic acids is 1. The first-order chi connectivity index (χ1) is 6.99. The zero-order valence-corrected chi connectivity index (χ0v) is 7.68. The fourth-order valence-corrected chi connectivity index (χ4v) is 1.04. The Morgan fingerprint density at radius 1 is 1.40 bits per heavy atom. The van der Waals surface area contributed by atoms with Crippen LogP contribution in [-0.4, -0.2) is 17.7 Å². The summed E-state index contributed by atoms with van der Waals surface area (Å²) in [4.78, 5) is 10.6. The molecule has 0 aliphatic rings. The smallest absolute Gasteiger partial charge is 0.342 e. The predicted molar refractivity (Wildman–Crippen MR) is 44.4 cm³/mol. The van der Waals surface area contributed by atoms with Crippen molar-refractivity contribution in [3.8, 4) is 5.75 Å². The Morgan fingerprint density at radius 2 is 2.00 bits per heavy atom. The van der Waals surface area contributed by atoms with E-state index in [1.165, 1.54) is 6.92 Å². The van der Waals surface area contributed by atoms with Crippen molar-refractivity contribution < 1.29 is 27.8 Å². The highest BCUT2D eigenvalue weighted by atomic mass is 19.2. The van der Waals surface area contributed by atoms with Crippen LogP contribution in [-0.2, 0) is 0 Å². The maximum atomic E-state index is 13.0. The molecule has 0 spiro atoms. The third kappa shape index (κ3) is 2.03. The molecule has 0 aliphatic heterocycles. The van der Waals surface area contributed by atoms with E-state index in [1.807, 2.05) is 0 Å². The summed E-state index contributed by atoms with van der Waals surface area (Å²) in [5.41, 5.74) is -1.00. The van der Waals surface area contributed by atoms with Gasteiger partial charge in [-0.3, -0.25) is 0 Å². The molecule has 1 N–H and O–H groups in total. The van der Waals surface area contributed by atoms with E-state index in [0.29, 0.717) is 6.07 Å². The van der Waals surface area contributed by atoms with E-state index >= 15 is 0 Å². The third-order valence-corrected chi connectivity index (χ3v) is 1.64. The number of benzene rings is 1. The van der Waals surface area contributed by atoms with E-state index in [4.69, 9.17) is 5.11 Å². The lowest BCUT2D eigenvalue weighted by Crippen LogP contribution is -2.09. The molecule has 1 aromatic rings. The fourth-order valence-electron chi connectivity index (χ4n) is 1.04. The first kappa shape index (κ1) is 11.4. The molecule has 1 aromatic carbocycles. The summed E-state index contributed by atoms with van der Waals surface area (Å²) < 4.78 is 43.1. The first-order valence-electron chi connectivity index (χ1n) is 4.02. The quantitative estimate of drug-likeness (QED) is 0.794. The van der Waals surface area contributed by atoms with Crippen LogP contribution in [0.2, 0.25) is 0 Å². The summed E-state index contributed by atoms with van der Waals surface area (Å²) in [5.74, 6) is -7.31. The van der Waals surface area contributed by atoms with Gasteiger partial charge in [0.15, 0.2) is 17.5 Å². The highest BCUT2D eigenvalue weighted by molar-refractivity contribution is 5.91. The highest BCUT2D eigenvalue weighted by Gasteiger charge is 2.24. The number of aromatic carboxylic acids is 1. The van der Waals surface area contributed by atoms with Crippen molar-refractivity contribution in [3.05, 3.63) is 29.1 Å². The van der Waals surface area contributed by atoms with E-state index in [-0.39, 0.29) is 6.61 Å². The van der Waals surface area contributed by atoms with Crippen LogP contribution in [0.5, 0.6) is 5.75 Å². The summed E-state index contributed by atoms with van der Waals surface area (Å²) in [6.45, 7) is 1.52. The maximum Gasteiger partial charge on any atom is 0.342 e. The van der Waals surface area contributed by atoms with Gasteiger partial charge in [0.25, 0.3) is 0 Å². The molecule has 0 saturated heterocycles. The van der Waals surface area contributed by atoms with E-state index in [1.54, 1.807) is 0 Å². The lowest BCUT2D eigenvalue weighted by Gasteiger charge is -2.08. The molecular formula is C9H7F3O3. The van der Waals surface area contributed by atoms with Gasteiger partial charge in [0.2, 0.25) is 0 Å². The van der Waals surface area contributed by atoms with E-state index in [0.717, 1.165) is 0 Å². The summed E-state index contributed by atoms with van der Waals surface area (Å²) in [6.07, 6.45) is 0. The average molecular weight is 220 g/mol. The monoisotopic (exact) mass is 220 g/mol. The molecule has 0 bridgehead atoms. The van der Waals surface area contributed by atoms with Gasteiger partial charge >= 0.3 is 5.97 Å². The second-order valence-corrected chi connectivity index (χ2v) is 2.60. The van der Waals surface area contributed by atoms with Gasteiger partial charge in [-0.1, -0.05) is 0 Å². The minimum atomic E-state index is -1.82. The topological polar surface area (TPSA) is 46.5 Å². The Labute approximate surface area is 83.1 Å². The number of hydrogen-bond acceptors (Lipinski definition) is 2. The van der Waals surface area contributed by atoms with Crippen molar-refractivity contribution in [3.63, 3.8) is 0 Å². The maximum absolute atomic E-state index is 13.0. The SMILES string of the molecule is CCOc1cc(F)c(F)c(F)c1C(=O)O. The molecule has 1 rings (SSSR count). The number of ether oxygens (including phenoxy) is 1. The molecule has 0 unspecified atom stereocenters. The molecular weight excluding hydrogens is 213 g/mol. The van der Waals surface area contributed by atoms with Gasteiger partial charge < -0.3 is 9.84 Å². The first-order valence-corrected chi connectivity index (χ1v) is 4.02. The lowest BCUT2D eigenvalue weighted by molar-refractivity contribution is 0.0685. The number of rotatable bonds is 3. The Balaban J connectivity index is 3.43. The highest BCUT2D eigenvalue weighted by Crippen LogP contribution is 2.26. The zero-order valence-electron chi connectivity index (χ0n) is 7.68. The molecule has 3 nitrogen and oxygen atoms in total. The molecule has 0 radical (unpaired) electrons. The van der Waals surface area contributed by atoms with Crippen molar-refractivity contribution in [1.29, 1.82) is 0 Å².